The zero-order valence-corrected chi connectivity index (χ0v) is 18.1. The number of rotatable bonds is 7. The van der Waals surface area contributed by atoms with Gasteiger partial charge in [0.1, 0.15) is 6.10 Å². The molecule has 0 bridgehead atoms. The Kier molecular flexibility index (Phi) is 6.32. The molecule has 0 radical (unpaired) electrons. The number of benzene rings is 4. The molecule has 158 valence electrons. The van der Waals surface area contributed by atoms with Crippen LogP contribution in [0.2, 0.25) is 0 Å². The molecule has 32 heavy (non-hydrogen) atoms. The van der Waals surface area contributed by atoms with E-state index in [0.29, 0.717) is 5.57 Å². The Bertz CT molecular complexity index is 1070. The van der Waals surface area contributed by atoms with Gasteiger partial charge < -0.3 is 4.74 Å². The normalized spacial score (nSPS) is 12.0. The third-order valence-electron chi connectivity index (χ3n) is 5.76. The molecule has 1 atom stereocenters. The van der Waals surface area contributed by atoms with E-state index in [2.05, 4.69) is 43.0 Å². The fourth-order valence-electron chi connectivity index (χ4n) is 4.30. The van der Waals surface area contributed by atoms with Crippen LogP contribution in [-0.2, 0) is 14.9 Å². The van der Waals surface area contributed by atoms with Crippen LogP contribution in [0, 0.1) is 0 Å². The van der Waals surface area contributed by atoms with Gasteiger partial charge in [-0.3, -0.25) is 0 Å². The molecule has 0 aliphatic carbocycles. The Morgan fingerprint density at radius 3 is 1.34 bits per heavy atom. The first-order valence-corrected chi connectivity index (χ1v) is 10.7. The standard InChI is InChI=1S/C30H26O2/c1-23(2)29(31)32-28(24-15-7-3-8-16-24)30(25-17-9-4-10-18-25,26-19-11-5-12-20-26)27-21-13-6-14-22-27/h3-22,28H,1H2,2H3. The molecule has 0 aliphatic heterocycles. The van der Waals surface area contributed by atoms with Gasteiger partial charge in [-0.25, -0.2) is 4.79 Å². The second kappa shape index (κ2) is 9.49. The predicted molar refractivity (Wildman–Crippen MR) is 129 cm³/mol. The maximum atomic E-state index is 12.9. The third kappa shape index (κ3) is 4.00. The zero-order valence-electron chi connectivity index (χ0n) is 18.1. The molecule has 0 aromatic heterocycles. The van der Waals surface area contributed by atoms with Crippen molar-refractivity contribution >= 4 is 5.97 Å². The van der Waals surface area contributed by atoms with E-state index < -0.39 is 17.5 Å². The van der Waals surface area contributed by atoms with Crippen molar-refractivity contribution in [2.24, 2.45) is 0 Å². The van der Waals surface area contributed by atoms with Crippen molar-refractivity contribution < 1.29 is 9.53 Å². The van der Waals surface area contributed by atoms with Gasteiger partial charge in [0, 0.05) is 5.57 Å². The average molecular weight is 419 g/mol. The third-order valence-corrected chi connectivity index (χ3v) is 5.76. The van der Waals surface area contributed by atoms with E-state index in [9.17, 15) is 4.79 Å². The van der Waals surface area contributed by atoms with Crippen LogP contribution in [0.3, 0.4) is 0 Å². The summed E-state index contributed by atoms with van der Waals surface area (Å²) in [6.07, 6.45) is -0.611. The summed E-state index contributed by atoms with van der Waals surface area (Å²) >= 11 is 0. The van der Waals surface area contributed by atoms with Gasteiger partial charge in [-0.2, -0.15) is 0 Å². The molecule has 0 spiro atoms. The monoisotopic (exact) mass is 418 g/mol. The minimum Gasteiger partial charge on any atom is -0.452 e. The average Bonchev–Trinajstić information content (AvgIpc) is 2.86. The Labute approximate surface area is 189 Å². The van der Waals surface area contributed by atoms with Gasteiger partial charge in [0.15, 0.2) is 0 Å². The lowest BCUT2D eigenvalue weighted by atomic mass is 9.64. The zero-order chi connectivity index (χ0) is 22.4. The number of hydrogen-bond donors (Lipinski definition) is 0. The van der Waals surface area contributed by atoms with Gasteiger partial charge in [-0.05, 0) is 29.2 Å². The van der Waals surface area contributed by atoms with Crippen LogP contribution in [0.25, 0.3) is 0 Å². The van der Waals surface area contributed by atoms with Crippen molar-refractivity contribution in [1.29, 1.82) is 0 Å². The molecule has 0 amide bonds. The highest BCUT2D eigenvalue weighted by molar-refractivity contribution is 5.87. The number of hydrogen-bond acceptors (Lipinski definition) is 2. The summed E-state index contributed by atoms with van der Waals surface area (Å²) in [5, 5.41) is 0. The van der Waals surface area contributed by atoms with Crippen LogP contribution >= 0.6 is 0 Å². The molecule has 0 fully saturated rings. The Morgan fingerprint density at radius 1 is 0.656 bits per heavy atom. The fourth-order valence-corrected chi connectivity index (χ4v) is 4.30. The van der Waals surface area contributed by atoms with E-state index in [1.54, 1.807) is 6.92 Å². The molecule has 4 aromatic carbocycles. The van der Waals surface area contributed by atoms with Gasteiger partial charge in [-0.1, -0.05) is 128 Å². The van der Waals surface area contributed by atoms with Crippen molar-refractivity contribution in [3.8, 4) is 0 Å². The second-order valence-electron chi connectivity index (χ2n) is 7.88. The molecule has 1 unspecified atom stereocenters. The minimum atomic E-state index is -0.768. The summed E-state index contributed by atoms with van der Waals surface area (Å²) in [7, 11) is 0. The molecule has 2 heteroatoms. The van der Waals surface area contributed by atoms with Gasteiger partial charge in [0.05, 0.1) is 5.41 Å². The molecule has 0 saturated carbocycles. The topological polar surface area (TPSA) is 26.3 Å². The summed E-state index contributed by atoms with van der Waals surface area (Å²) < 4.78 is 6.29. The maximum Gasteiger partial charge on any atom is 0.333 e. The van der Waals surface area contributed by atoms with E-state index in [1.165, 1.54) is 0 Å². The number of carbonyl (C=O) groups excluding carboxylic acids is 1. The van der Waals surface area contributed by atoms with Gasteiger partial charge in [-0.15, -0.1) is 0 Å². The molecule has 0 aliphatic rings. The molecule has 0 saturated heterocycles. The highest BCUT2D eigenvalue weighted by Crippen LogP contribution is 2.50. The van der Waals surface area contributed by atoms with Crippen LogP contribution in [0.1, 0.15) is 35.3 Å². The van der Waals surface area contributed by atoms with Crippen molar-refractivity contribution in [3.63, 3.8) is 0 Å². The summed E-state index contributed by atoms with van der Waals surface area (Å²) in [6.45, 7) is 5.51. The van der Waals surface area contributed by atoms with Crippen LogP contribution < -0.4 is 0 Å². The van der Waals surface area contributed by atoms with Crippen molar-refractivity contribution in [1.82, 2.24) is 0 Å². The number of esters is 1. The minimum absolute atomic E-state index is 0.369. The van der Waals surface area contributed by atoms with Gasteiger partial charge in [0.2, 0.25) is 0 Å². The molecule has 2 nitrogen and oxygen atoms in total. The van der Waals surface area contributed by atoms with E-state index in [-0.39, 0.29) is 0 Å². The SMILES string of the molecule is C=C(C)C(=O)OC(c1ccccc1)C(c1ccccc1)(c1ccccc1)c1ccccc1. The van der Waals surface area contributed by atoms with Crippen molar-refractivity contribution in [3.05, 3.63) is 156 Å². The maximum absolute atomic E-state index is 12.9. The molecular formula is C30H26O2. The molecular weight excluding hydrogens is 392 g/mol. The first-order valence-electron chi connectivity index (χ1n) is 10.7. The van der Waals surface area contributed by atoms with E-state index in [4.69, 9.17) is 4.74 Å². The number of ether oxygens (including phenoxy) is 1. The van der Waals surface area contributed by atoms with Crippen LogP contribution in [-0.4, -0.2) is 5.97 Å². The lowest BCUT2D eigenvalue weighted by Crippen LogP contribution is -2.39. The van der Waals surface area contributed by atoms with Gasteiger partial charge in [0.25, 0.3) is 0 Å². The van der Waals surface area contributed by atoms with Crippen LogP contribution in [0.15, 0.2) is 133 Å². The second-order valence-corrected chi connectivity index (χ2v) is 7.88. The van der Waals surface area contributed by atoms with Gasteiger partial charge >= 0.3 is 5.97 Å². The molecule has 4 rings (SSSR count). The predicted octanol–water partition coefficient (Wildman–Crippen LogP) is 6.88. The fraction of sp³-hybridized carbons (Fsp3) is 0.100. The lowest BCUT2D eigenvalue weighted by Gasteiger charge is -2.42. The summed E-state index contributed by atoms with van der Waals surface area (Å²) in [5.74, 6) is -0.411. The Morgan fingerprint density at radius 2 is 1.00 bits per heavy atom. The van der Waals surface area contributed by atoms with E-state index in [0.717, 1.165) is 22.3 Å². The summed E-state index contributed by atoms with van der Waals surface area (Å²) in [6, 6.07) is 40.7. The molecule has 0 N–H and O–H groups in total. The Balaban J connectivity index is 2.11. The van der Waals surface area contributed by atoms with E-state index in [1.807, 2.05) is 84.9 Å². The van der Waals surface area contributed by atoms with Crippen molar-refractivity contribution in [2.75, 3.05) is 0 Å². The Hall–Kier alpha value is -3.91. The van der Waals surface area contributed by atoms with Crippen LogP contribution in [0.5, 0.6) is 0 Å². The first-order chi connectivity index (χ1) is 15.6. The number of carbonyl (C=O) groups is 1. The quantitative estimate of drug-likeness (QED) is 0.186. The van der Waals surface area contributed by atoms with E-state index >= 15 is 0 Å². The highest BCUT2D eigenvalue weighted by Gasteiger charge is 2.47. The summed E-state index contributed by atoms with van der Waals surface area (Å²) in [5.41, 5.74) is 3.64. The summed E-state index contributed by atoms with van der Waals surface area (Å²) in [4.78, 5) is 12.9. The van der Waals surface area contributed by atoms with Crippen molar-refractivity contribution in [2.45, 2.75) is 18.4 Å². The lowest BCUT2D eigenvalue weighted by molar-refractivity contribution is -0.147. The first kappa shape index (κ1) is 21.3. The molecule has 0 heterocycles. The smallest absolute Gasteiger partial charge is 0.333 e. The highest BCUT2D eigenvalue weighted by atomic mass is 16.5. The largest absolute Gasteiger partial charge is 0.452 e. The van der Waals surface area contributed by atoms with Crippen LogP contribution in [0.4, 0.5) is 0 Å². The molecule has 4 aromatic rings.